The Kier molecular flexibility index (Phi) is 3.58. The topological polar surface area (TPSA) is 60.2 Å². The van der Waals surface area contributed by atoms with Gasteiger partial charge in [0.05, 0.1) is 11.3 Å². The maximum absolute atomic E-state index is 10.7. The predicted octanol–water partition coefficient (Wildman–Crippen LogP) is 1.84. The molecule has 0 unspecified atom stereocenters. The van der Waals surface area contributed by atoms with Gasteiger partial charge in [0.1, 0.15) is 11.8 Å². The average molecular weight is 203 g/mol. The highest BCUT2D eigenvalue weighted by Crippen LogP contribution is 2.18. The number of hydrogen-bond donors (Lipinski definition) is 0. The molecule has 0 N–H and O–H groups in total. The minimum Gasteiger partial charge on any atom is -0.302 e. The van der Waals surface area contributed by atoms with Crippen molar-refractivity contribution >= 4 is 12.0 Å². The minimum atomic E-state index is -0.474. The Hall–Kier alpha value is -2.15. The van der Waals surface area contributed by atoms with E-state index >= 15 is 0 Å². The van der Waals surface area contributed by atoms with E-state index in [9.17, 15) is 14.9 Å². The zero-order valence-corrected chi connectivity index (χ0v) is 8.19. The van der Waals surface area contributed by atoms with Crippen LogP contribution in [0.3, 0.4) is 0 Å². The summed E-state index contributed by atoms with van der Waals surface area (Å²) in [6.45, 7) is 1.77. The van der Waals surface area contributed by atoms with Gasteiger partial charge in [-0.15, -0.1) is 0 Å². The van der Waals surface area contributed by atoms with Gasteiger partial charge < -0.3 is 4.79 Å². The summed E-state index contributed by atoms with van der Waals surface area (Å²) in [5, 5.41) is 10.7. The van der Waals surface area contributed by atoms with Crippen molar-refractivity contribution in [3.8, 4) is 11.8 Å². The van der Waals surface area contributed by atoms with E-state index in [1.165, 1.54) is 6.07 Å². The Morgan fingerprint density at radius 1 is 1.53 bits per heavy atom. The van der Waals surface area contributed by atoms with Gasteiger partial charge in [0, 0.05) is 6.07 Å². The van der Waals surface area contributed by atoms with E-state index in [1.54, 1.807) is 19.1 Å². The molecular formula is C11H9NO3. The molecule has 0 saturated carbocycles. The summed E-state index contributed by atoms with van der Waals surface area (Å²) in [6.07, 6.45) is 0.748. The molecule has 0 saturated heterocycles. The number of nitrogens with zero attached hydrogens (tertiary/aromatic N) is 1. The molecular weight excluding hydrogens is 194 g/mol. The number of nitro benzene ring substituents is 1. The predicted molar refractivity (Wildman–Crippen MR) is 55.4 cm³/mol. The normalized spacial score (nSPS) is 8.87. The van der Waals surface area contributed by atoms with Crippen molar-refractivity contribution in [2.24, 2.45) is 0 Å². The zero-order chi connectivity index (χ0) is 11.3. The highest BCUT2D eigenvalue weighted by molar-refractivity contribution is 5.57. The first-order valence-electron chi connectivity index (χ1n) is 4.32. The molecule has 1 rings (SSSR count). The molecule has 0 spiro atoms. The summed E-state index contributed by atoms with van der Waals surface area (Å²) in [6, 6.07) is 4.80. The summed E-state index contributed by atoms with van der Waals surface area (Å²) in [5.74, 6) is 5.14. The number of nitro groups is 1. The van der Waals surface area contributed by atoms with Crippen LogP contribution in [0.25, 0.3) is 0 Å². The highest BCUT2D eigenvalue weighted by atomic mass is 16.6. The summed E-state index contributed by atoms with van der Waals surface area (Å²) >= 11 is 0. The molecule has 0 fully saturated rings. The van der Waals surface area contributed by atoms with Crippen molar-refractivity contribution in [3.05, 3.63) is 39.4 Å². The second-order valence-electron chi connectivity index (χ2n) is 2.95. The Morgan fingerprint density at radius 3 is 2.87 bits per heavy atom. The fraction of sp³-hybridized carbons (Fsp3) is 0.182. The highest BCUT2D eigenvalue weighted by Gasteiger charge is 2.11. The number of rotatable bonds is 2. The van der Waals surface area contributed by atoms with Gasteiger partial charge in [0.25, 0.3) is 5.69 Å². The van der Waals surface area contributed by atoms with Gasteiger partial charge in [-0.2, -0.15) is 0 Å². The molecule has 1 aromatic carbocycles. The molecule has 0 aliphatic heterocycles. The van der Waals surface area contributed by atoms with Crippen molar-refractivity contribution in [2.45, 2.75) is 13.3 Å². The monoisotopic (exact) mass is 203 g/mol. The Morgan fingerprint density at radius 2 is 2.27 bits per heavy atom. The van der Waals surface area contributed by atoms with Gasteiger partial charge in [-0.25, -0.2) is 0 Å². The van der Waals surface area contributed by atoms with Crippen LogP contribution in [0, 0.1) is 28.9 Å². The quantitative estimate of drug-likeness (QED) is 0.319. The first-order valence-corrected chi connectivity index (χ1v) is 4.32. The van der Waals surface area contributed by atoms with Gasteiger partial charge >= 0.3 is 0 Å². The molecule has 0 aliphatic rings. The van der Waals surface area contributed by atoms with E-state index in [2.05, 4.69) is 11.8 Å². The van der Waals surface area contributed by atoms with Crippen LogP contribution in [0.2, 0.25) is 0 Å². The van der Waals surface area contributed by atoms with Crippen LogP contribution < -0.4 is 0 Å². The second-order valence-corrected chi connectivity index (χ2v) is 2.95. The van der Waals surface area contributed by atoms with Crippen molar-refractivity contribution in [2.75, 3.05) is 0 Å². The van der Waals surface area contributed by atoms with Crippen molar-refractivity contribution in [1.29, 1.82) is 0 Å². The third-order valence-corrected chi connectivity index (χ3v) is 1.76. The number of carbonyl (C=O) groups excluding carboxylic acids is 1. The van der Waals surface area contributed by atoms with E-state index in [0.717, 1.165) is 5.56 Å². The van der Waals surface area contributed by atoms with E-state index in [4.69, 9.17) is 0 Å². The van der Waals surface area contributed by atoms with Crippen LogP contribution in [0.1, 0.15) is 17.5 Å². The molecule has 4 nitrogen and oxygen atoms in total. The first kappa shape index (κ1) is 10.9. The molecule has 0 bridgehead atoms. The molecule has 4 heteroatoms. The van der Waals surface area contributed by atoms with Gasteiger partial charge in [0.15, 0.2) is 0 Å². The van der Waals surface area contributed by atoms with E-state index in [1.807, 2.05) is 0 Å². The van der Waals surface area contributed by atoms with Crippen LogP contribution in [0.5, 0.6) is 0 Å². The van der Waals surface area contributed by atoms with E-state index < -0.39 is 4.92 Å². The molecule has 0 atom stereocenters. The van der Waals surface area contributed by atoms with Crippen molar-refractivity contribution in [3.63, 3.8) is 0 Å². The SMILES string of the molecule is Cc1ccc(C#CCC=O)c([N+](=O)[O-])c1. The Labute approximate surface area is 87.1 Å². The summed E-state index contributed by atoms with van der Waals surface area (Å²) in [4.78, 5) is 20.2. The fourth-order valence-electron chi connectivity index (χ4n) is 1.09. The van der Waals surface area contributed by atoms with Crippen LogP contribution >= 0.6 is 0 Å². The number of aryl methyl sites for hydroxylation is 1. The van der Waals surface area contributed by atoms with Gasteiger partial charge in [-0.3, -0.25) is 10.1 Å². The molecule has 0 heterocycles. The number of benzene rings is 1. The Balaban J connectivity index is 3.13. The lowest BCUT2D eigenvalue weighted by atomic mass is 10.1. The smallest absolute Gasteiger partial charge is 0.285 e. The molecule has 15 heavy (non-hydrogen) atoms. The second kappa shape index (κ2) is 4.91. The first-order chi connectivity index (χ1) is 7.15. The van der Waals surface area contributed by atoms with Crippen molar-refractivity contribution in [1.82, 2.24) is 0 Å². The molecule has 0 amide bonds. The molecule has 0 aromatic heterocycles. The lowest BCUT2D eigenvalue weighted by Crippen LogP contribution is -1.92. The van der Waals surface area contributed by atoms with Crippen LogP contribution in [0.4, 0.5) is 5.69 Å². The third-order valence-electron chi connectivity index (χ3n) is 1.76. The van der Waals surface area contributed by atoms with Crippen LogP contribution in [-0.2, 0) is 4.79 Å². The maximum Gasteiger partial charge on any atom is 0.285 e. The van der Waals surface area contributed by atoms with E-state index in [0.29, 0.717) is 11.8 Å². The Bertz CT molecular complexity index is 455. The largest absolute Gasteiger partial charge is 0.302 e. The number of aldehydes is 1. The average Bonchev–Trinajstić information content (AvgIpc) is 2.20. The summed E-state index contributed by atoms with van der Waals surface area (Å²) in [5.41, 5.74) is 1.13. The summed E-state index contributed by atoms with van der Waals surface area (Å²) < 4.78 is 0. The number of carbonyl (C=O) groups is 1. The van der Waals surface area contributed by atoms with Gasteiger partial charge in [-0.1, -0.05) is 17.9 Å². The summed E-state index contributed by atoms with van der Waals surface area (Å²) in [7, 11) is 0. The third kappa shape index (κ3) is 2.92. The van der Waals surface area contributed by atoms with Crippen LogP contribution in [-0.4, -0.2) is 11.2 Å². The van der Waals surface area contributed by atoms with Gasteiger partial charge in [-0.05, 0) is 18.6 Å². The lowest BCUT2D eigenvalue weighted by molar-refractivity contribution is -0.385. The maximum atomic E-state index is 10.7. The van der Waals surface area contributed by atoms with E-state index in [-0.39, 0.29) is 12.1 Å². The molecule has 0 radical (unpaired) electrons. The molecule has 1 aromatic rings. The molecule has 76 valence electrons. The standard InChI is InChI=1S/C11H9NO3/c1-9-5-6-10(4-2-3-7-13)11(8-9)12(14)15/h5-8H,3H2,1H3. The van der Waals surface area contributed by atoms with Gasteiger partial charge in [0.2, 0.25) is 0 Å². The number of hydrogen-bond acceptors (Lipinski definition) is 3. The fourth-order valence-corrected chi connectivity index (χ4v) is 1.09. The van der Waals surface area contributed by atoms with Crippen LogP contribution in [0.15, 0.2) is 18.2 Å². The lowest BCUT2D eigenvalue weighted by Gasteiger charge is -1.96. The minimum absolute atomic E-state index is 0.0200. The zero-order valence-electron chi connectivity index (χ0n) is 8.19. The molecule has 0 aliphatic carbocycles. The van der Waals surface area contributed by atoms with Crippen molar-refractivity contribution < 1.29 is 9.72 Å².